The Kier molecular flexibility index (Phi) is 5.31. The highest BCUT2D eigenvalue weighted by molar-refractivity contribution is 5.73. The Labute approximate surface area is 149 Å². The van der Waals surface area contributed by atoms with Gasteiger partial charge in [0.25, 0.3) is 0 Å². The fourth-order valence-electron chi connectivity index (χ4n) is 3.22. The van der Waals surface area contributed by atoms with Crippen LogP contribution in [0.15, 0.2) is 36.7 Å². The third-order valence-electron chi connectivity index (χ3n) is 4.71. The Balaban J connectivity index is 1.53. The highest BCUT2D eigenvalue weighted by Crippen LogP contribution is 2.29. The summed E-state index contributed by atoms with van der Waals surface area (Å²) in [5.74, 6) is 1.39. The van der Waals surface area contributed by atoms with E-state index in [9.17, 15) is 4.79 Å². The van der Waals surface area contributed by atoms with Crippen LogP contribution in [0.5, 0.6) is 0 Å². The molecule has 1 aromatic heterocycles. The molecule has 2 heterocycles. The number of carbonyl (C=O) groups is 1. The van der Waals surface area contributed by atoms with Gasteiger partial charge in [-0.15, -0.1) is 0 Å². The molecule has 1 aromatic carbocycles. The van der Waals surface area contributed by atoms with Gasteiger partial charge in [-0.2, -0.15) is 0 Å². The van der Waals surface area contributed by atoms with Gasteiger partial charge in [0.15, 0.2) is 0 Å². The van der Waals surface area contributed by atoms with Gasteiger partial charge >= 0.3 is 0 Å². The largest absolute Gasteiger partial charge is 0.354 e. The van der Waals surface area contributed by atoms with Crippen LogP contribution < -0.4 is 10.2 Å². The summed E-state index contributed by atoms with van der Waals surface area (Å²) >= 11 is 0. The lowest BCUT2D eigenvalue weighted by molar-refractivity contribution is -0.119. The summed E-state index contributed by atoms with van der Waals surface area (Å²) in [4.78, 5) is 22.2. The lowest BCUT2D eigenvalue weighted by Gasteiger charge is -2.39. The van der Waals surface area contributed by atoms with Crippen molar-refractivity contribution in [2.75, 3.05) is 18.0 Å². The highest BCUT2D eigenvalue weighted by Gasteiger charge is 2.29. The molecule has 3 rings (SSSR count). The monoisotopic (exact) mass is 338 g/mol. The maximum absolute atomic E-state index is 11.1. The number of aryl methyl sites for hydroxylation is 1. The average molecular weight is 338 g/mol. The summed E-state index contributed by atoms with van der Waals surface area (Å²) in [6, 6.07) is 8.91. The van der Waals surface area contributed by atoms with Gasteiger partial charge in [0.1, 0.15) is 0 Å². The molecule has 1 amide bonds. The van der Waals surface area contributed by atoms with Gasteiger partial charge in [0.05, 0.1) is 0 Å². The zero-order valence-corrected chi connectivity index (χ0v) is 15.2. The molecular formula is C20H26N4O. The average Bonchev–Trinajstić information content (AvgIpc) is 2.55. The number of anilines is 1. The van der Waals surface area contributed by atoms with Crippen LogP contribution in [0.2, 0.25) is 0 Å². The number of aromatic nitrogens is 2. The van der Waals surface area contributed by atoms with Gasteiger partial charge in [-0.3, -0.25) is 4.79 Å². The molecule has 1 N–H and O–H groups in total. The van der Waals surface area contributed by atoms with Crippen molar-refractivity contribution in [2.45, 2.75) is 45.6 Å². The van der Waals surface area contributed by atoms with E-state index in [1.54, 1.807) is 6.92 Å². The van der Waals surface area contributed by atoms with E-state index in [0.29, 0.717) is 5.92 Å². The summed E-state index contributed by atoms with van der Waals surface area (Å²) in [6.07, 6.45) is 5.66. The number of carbonyl (C=O) groups excluding carboxylic acids is 1. The Morgan fingerprint density at radius 2 is 1.84 bits per heavy atom. The van der Waals surface area contributed by atoms with Gasteiger partial charge in [0, 0.05) is 44.4 Å². The predicted octanol–water partition coefficient (Wildman–Crippen LogP) is 2.71. The highest BCUT2D eigenvalue weighted by atomic mass is 16.1. The topological polar surface area (TPSA) is 58.1 Å². The van der Waals surface area contributed by atoms with Crippen LogP contribution in [0.3, 0.4) is 0 Å². The van der Waals surface area contributed by atoms with Gasteiger partial charge in [-0.05, 0) is 36.5 Å². The lowest BCUT2D eigenvalue weighted by Crippen LogP contribution is -2.45. The maximum Gasteiger partial charge on any atom is 0.225 e. The summed E-state index contributed by atoms with van der Waals surface area (Å²) in [5, 5.41) is 2.92. The molecule has 0 bridgehead atoms. The van der Waals surface area contributed by atoms with Crippen LogP contribution in [0.25, 0.3) is 0 Å². The zero-order chi connectivity index (χ0) is 17.8. The molecule has 0 aliphatic carbocycles. The minimum Gasteiger partial charge on any atom is -0.354 e. The first-order valence-corrected chi connectivity index (χ1v) is 8.97. The summed E-state index contributed by atoms with van der Waals surface area (Å²) in [5.41, 5.74) is 3.78. The van der Waals surface area contributed by atoms with E-state index in [1.165, 1.54) is 16.7 Å². The number of amides is 1. The third kappa shape index (κ3) is 4.35. The molecule has 0 spiro atoms. The molecule has 2 aromatic rings. The fraction of sp³-hybridized carbons (Fsp3) is 0.450. The number of nitrogens with zero attached hydrogens (tertiary/aromatic N) is 3. The second-order valence-electron chi connectivity index (χ2n) is 6.89. The van der Waals surface area contributed by atoms with Crippen LogP contribution in [0.1, 0.15) is 43.4 Å². The Morgan fingerprint density at radius 1 is 1.20 bits per heavy atom. The van der Waals surface area contributed by atoms with Crippen LogP contribution in [-0.4, -0.2) is 35.0 Å². The number of hydrogen-bond acceptors (Lipinski definition) is 4. The predicted molar refractivity (Wildman–Crippen MR) is 99.8 cm³/mol. The summed E-state index contributed by atoms with van der Waals surface area (Å²) in [6.45, 7) is 7.63. The van der Waals surface area contributed by atoms with Gasteiger partial charge in [0.2, 0.25) is 11.9 Å². The van der Waals surface area contributed by atoms with Gasteiger partial charge in [-0.1, -0.05) is 31.2 Å². The quantitative estimate of drug-likeness (QED) is 0.880. The Morgan fingerprint density at radius 3 is 2.40 bits per heavy atom. The zero-order valence-electron chi connectivity index (χ0n) is 15.2. The normalized spacial score (nSPS) is 15.6. The molecule has 0 saturated carbocycles. The number of benzene rings is 1. The van der Waals surface area contributed by atoms with Gasteiger partial charge in [-0.25, -0.2) is 9.97 Å². The molecule has 132 valence electrons. The third-order valence-corrected chi connectivity index (χ3v) is 4.71. The van der Waals surface area contributed by atoms with Crippen LogP contribution in [0.4, 0.5) is 5.95 Å². The first kappa shape index (κ1) is 17.4. The van der Waals surface area contributed by atoms with E-state index in [1.807, 2.05) is 19.3 Å². The first-order valence-electron chi connectivity index (χ1n) is 8.97. The molecule has 1 unspecified atom stereocenters. The van der Waals surface area contributed by atoms with Crippen molar-refractivity contribution in [1.82, 2.24) is 15.3 Å². The van der Waals surface area contributed by atoms with Crippen LogP contribution in [0, 0.1) is 0 Å². The Bertz CT molecular complexity index is 705. The van der Waals surface area contributed by atoms with E-state index in [-0.39, 0.29) is 11.9 Å². The fourth-order valence-corrected chi connectivity index (χ4v) is 3.22. The van der Waals surface area contributed by atoms with E-state index in [0.717, 1.165) is 31.9 Å². The van der Waals surface area contributed by atoms with Crippen molar-refractivity contribution >= 4 is 11.9 Å². The first-order chi connectivity index (χ1) is 12.0. The van der Waals surface area contributed by atoms with Crippen molar-refractivity contribution in [2.24, 2.45) is 0 Å². The molecule has 1 atom stereocenters. The molecule has 25 heavy (non-hydrogen) atoms. The maximum atomic E-state index is 11.1. The smallest absolute Gasteiger partial charge is 0.225 e. The van der Waals surface area contributed by atoms with E-state index < -0.39 is 0 Å². The van der Waals surface area contributed by atoms with E-state index >= 15 is 0 Å². The van der Waals surface area contributed by atoms with Gasteiger partial charge < -0.3 is 10.2 Å². The molecule has 1 aliphatic rings. The number of rotatable bonds is 6. The van der Waals surface area contributed by atoms with Crippen molar-refractivity contribution < 1.29 is 4.79 Å². The summed E-state index contributed by atoms with van der Waals surface area (Å²) < 4.78 is 0. The molecule has 1 saturated heterocycles. The lowest BCUT2D eigenvalue weighted by atomic mass is 9.90. The minimum absolute atomic E-state index is 0.0212. The second-order valence-corrected chi connectivity index (χ2v) is 6.89. The number of hydrogen-bond donors (Lipinski definition) is 1. The molecule has 0 radical (unpaired) electrons. The molecule has 5 heteroatoms. The van der Waals surface area contributed by atoms with E-state index in [2.05, 4.69) is 51.4 Å². The van der Waals surface area contributed by atoms with Crippen molar-refractivity contribution in [3.63, 3.8) is 0 Å². The molecule has 1 fully saturated rings. The minimum atomic E-state index is 0.0212. The number of nitrogens with one attached hydrogen (secondary N) is 1. The molecule has 5 nitrogen and oxygen atoms in total. The van der Waals surface area contributed by atoms with Crippen molar-refractivity contribution in [3.05, 3.63) is 53.3 Å². The van der Waals surface area contributed by atoms with Crippen LogP contribution in [-0.2, 0) is 17.6 Å². The van der Waals surface area contributed by atoms with Crippen LogP contribution >= 0.6 is 0 Å². The SMILES string of the molecule is CCc1cnc(N2CC(c3ccc(CC(C)NC(C)=O)cc3)C2)nc1. The van der Waals surface area contributed by atoms with Crippen molar-refractivity contribution in [3.8, 4) is 0 Å². The standard InChI is InChI=1S/C20H26N4O/c1-4-16-10-21-20(22-11-16)24-12-19(13-24)18-7-5-17(6-8-18)9-14(2)23-15(3)25/h5-8,10-11,14,19H,4,9,12-13H2,1-3H3,(H,23,25). The summed E-state index contributed by atoms with van der Waals surface area (Å²) in [7, 11) is 0. The Hall–Kier alpha value is -2.43. The molecule has 1 aliphatic heterocycles. The van der Waals surface area contributed by atoms with Crippen molar-refractivity contribution in [1.29, 1.82) is 0 Å². The molecular weight excluding hydrogens is 312 g/mol. The van der Waals surface area contributed by atoms with E-state index in [4.69, 9.17) is 0 Å². The second kappa shape index (κ2) is 7.64.